The summed E-state index contributed by atoms with van der Waals surface area (Å²) in [5, 5.41) is 10.8. The van der Waals surface area contributed by atoms with Crippen LogP contribution < -0.4 is 10.6 Å². The molecule has 0 aliphatic rings. The highest BCUT2D eigenvalue weighted by Crippen LogP contribution is 1.99. The Bertz CT molecular complexity index is 375. The van der Waals surface area contributed by atoms with Gasteiger partial charge in [0, 0.05) is 33.4 Å². The fourth-order valence-electron chi connectivity index (χ4n) is 1.90. The van der Waals surface area contributed by atoms with Gasteiger partial charge in [0.15, 0.2) is 5.96 Å². The number of hydrogen-bond acceptors (Lipinski definition) is 2. The third kappa shape index (κ3) is 8.39. The molecule has 0 unspecified atom stereocenters. The van der Waals surface area contributed by atoms with E-state index in [0.29, 0.717) is 0 Å². The standard InChI is InChI=1S/C14H27N5.HI/c1-4-5-6-9-16-14(15-2)17-10-7-8-13-11-18-19(3)12-13;/h11-12H,4-10H2,1-3H3,(H2,15,16,17);1H. The zero-order valence-electron chi connectivity index (χ0n) is 12.9. The van der Waals surface area contributed by atoms with Gasteiger partial charge in [0.2, 0.25) is 0 Å². The van der Waals surface area contributed by atoms with Crippen LogP contribution in [0.2, 0.25) is 0 Å². The zero-order chi connectivity index (χ0) is 13.9. The smallest absolute Gasteiger partial charge is 0.190 e. The number of halogens is 1. The minimum atomic E-state index is 0. The molecule has 1 heterocycles. The van der Waals surface area contributed by atoms with Crippen molar-refractivity contribution >= 4 is 29.9 Å². The Kier molecular flexibility index (Phi) is 11.5. The molecule has 0 aliphatic carbocycles. The van der Waals surface area contributed by atoms with Crippen molar-refractivity contribution < 1.29 is 0 Å². The van der Waals surface area contributed by atoms with Crippen LogP contribution in [0.1, 0.15) is 38.2 Å². The normalized spacial score (nSPS) is 11.1. The molecule has 0 radical (unpaired) electrons. The average Bonchev–Trinajstić information content (AvgIpc) is 2.82. The van der Waals surface area contributed by atoms with Crippen LogP contribution in [-0.2, 0) is 13.5 Å². The minimum absolute atomic E-state index is 0. The summed E-state index contributed by atoms with van der Waals surface area (Å²) in [4.78, 5) is 4.21. The zero-order valence-corrected chi connectivity index (χ0v) is 15.2. The molecule has 6 heteroatoms. The number of hydrogen-bond donors (Lipinski definition) is 2. The largest absolute Gasteiger partial charge is 0.356 e. The first-order valence-electron chi connectivity index (χ1n) is 7.18. The predicted molar refractivity (Wildman–Crippen MR) is 95.8 cm³/mol. The molecule has 1 aromatic heterocycles. The summed E-state index contributed by atoms with van der Waals surface area (Å²) in [6, 6.07) is 0. The molecule has 1 rings (SSSR count). The van der Waals surface area contributed by atoms with Crippen LogP contribution in [0.15, 0.2) is 17.4 Å². The fourth-order valence-corrected chi connectivity index (χ4v) is 1.90. The van der Waals surface area contributed by atoms with Gasteiger partial charge < -0.3 is 10.6 Å². The summed E-state index contributed by atoms with van der Waals surface area (Å²) in [7, 11) is 3.76. The molecule has 1 aromatic rings. The Labute approximate surface area is 139 Å². The Morgan fingerprint density at radius 1 is 1.25 bits per heavy atom. The Morgan fingerprint density at radius 3 is 2.50 bits per heavy atom. The molecule has 0 saturated carbocycles. The molecule has 116 valence electrons. The van der Waals surface area contributed by atoms with E-state index in [-0.39, 0.29) is 24.0 Å². The van der Waals surface area contributed by atoms with Crippen molar-refractivity contribution in [1.29, 1.82) is 0 Å². The second kappa shape index (κ2) is 12.0. The van der Waals surface area contributed by atoms with Crippen molar-refractivity contribution in [2.45, 2.75) is 39.0 Å². The first-order chi connectivity index (χ1) is 9.26. The van der Waals surface area contributed by atoms with Gasteiger partial charge in [-0.1, -0.05) is 19.8 Å². The second-order valence-corrected chi connectivity index (χ2v) is 4.76. The maximum Gasteiger partial charge on any atom is 0.190 e. The summed E-state index contributed by atoms with van der Waals surface area (Å²) < 4.78 is 1.84. The topological polar surface area (TPSA) is 54.2 Å². The Morgan fingerprint density at radius 2 is 1.95 bits per heavy atom. The lowest BCUT2D eigenvalue weighted by Gasteiger charge is -2.11. The predicted octanol–water partition coefficient (Wildman–Crippen LogP) is 2.33. The molecule has 5 nitrogen and oxygen atoms in total. The Balaban J connectivity index is 0.00000361. The van der Waals surface area contributed by atoms with Gasteiger partial charge in [-0.25, -0.2) is 0 Å². The molecule has 0 bridgehead atoms. The van der Waals surface area contributed by atoms with E-state index < -0.39 is 0 Å². The van der Waals surface area contributed by atoms with E-state index >= 15 is 0 Å². The molecule has 0 fully saturated rings. The van der Waals surface area contributed by atoms with Crippen LogP contribution in [0.25, 0.3) is 0 Å². The third-order valence-electron chi connectivity index (χ3n) is 2.99. The van der Waals surface area contributed by atoms with E-state index in [1.165, 1.54) is 24.8 Å². The first-order valence-corrected chi connectivity index (χ1v) is 7.18. The van der Waals surface area contributed by atoms with E-state index in [2.05, 4.69) is 33.8 Å². The number of aliphatic imine (C=N–C) groups is 1. The van der Waals surface area contributed by atoms with Crippen molar-refractivity contribution in [2.75, 3.05) is 20.1 Å². The molecule has 0 spiro atoms. The summed E-state index contributed by atoms with van der Waals surface area (Å²) in [5.41, 5.74) is 1.29. The summed E-state index contributed by atoms with van der Waals surface area (Å²) >= 11 is 0. The third-order valence-corrected chi connectivity index (χ3v) is 2.99. The van der Waals surface area contributed by atoms with Crippen molar-refractivity contribution in [3.05, 3.63) is 18.0 Å². The molecule has 20 heavy (non-hydrogen) atoms. The number of unbranched alkanes of at least 4 members (excludes halogenated alkanes) is 2. The van der Waals surface area contributed by atoms with Crippen LogP contribution >= 0.6 is 24.0 Å². The van der Waals surface area contributed by atoms with Gasteiger partial charge >= 0.3 is 0 Å². The van der Waals surface area contributed by atoms with Gasteiger partial charge in [-0.3, -0.25) is 9.67 Å². The van der Waals surface area contributed by atoms with Crippen molar-refractivity contribution in [3.8, 4) is 0 Å². The number of nitrogens with one attached hydrogen (secondary N) is 2. The quantitative estimate of drug-likeness (QED) is 0.309. The highest BCUT2D eigenvalue weighted by atomic mass is 127. The average molecular weight is 393 g/mol. The van der Waals surface area contributed by atoms with Crippen LogP contribution in [0, 0.1) is 0 Å². The maximum absolute atomic E-state index is 4.21. The molecule has 0 aromatic carbocycles. The van der Waals surface area contributed by atoms with Gasteiger partial charge in [0.25, 0.3) is 0 Å². The van der Waals surface area contributed by atoms with Crippen molar-refractivity contribution in [2.24, 2.45) is 12.0 Å². The number of guanidine groups is 1. The SMILES string of the molecule is CCCCCNC(=NC)NCCCc1cnn(C)c1.I. The second-order valence-electron chi connectivity index (χ2n) is 4.76. The minimum Gasteiger partial charge on any atom is -0.356 e. The number of aromatic nitrogens is 2. The van der Waals surface area contributed by atoms with Crippen LogP contribution in [0.3, 0.4) is 0 Å². The van der Waals surface area contributed by atoms with Crippen LogP contribution in [0.5, 0.6) is 0 Å². The van der Waals surface area contributed by atoms with E-state index in [1.807, 2.05) is 25.0 Å². The first kappa shape index (κ1) is 19.2. The highest BCUT2D eigenvalue weighted by molar-refractivity contribution is 14.0. The summed E-state index contributed by atoms with van der Waals surface area (Å²) in [6.45, 7) is 4.14. The van der Waals surface area contributed by atoms with E-state index in [9.17, 15) is 0 Å². The number of aryl methyl sites for hydroxylation is 2. The molecule has 0 atom stereocenters. The van der Waals surface area contributed by atoms with E-state index in [1.54, 1.807) is 0 Å². The van der Waals surface area contributed by atoms with Gasteiger partial charge in [-0.15, -0.1) is 24.0 Å². The Hall–Kier alpha value is -0.790. The number of rotatable bonds is 8. The fraction of sp³-hybridized carbons (Fsp3) is 0.714. The molecule has 2 N–H and O–H groups in total. The van der Waals surface area contributed by atoms with Crippen LogP contribution in [-0.4, -0.2) is 35.9 Å². The van der Waals surface area contributed by atoms with Gasteiger partial charge in [-0.2, -0.15) is 5.10 Å². The maximum atomic E-state index is 4.21. The molecular weight excluding hydrogens is 365 g/mol. The van der Waals surface area contributed by atoms with Gasteiger partial charge in [0.05, 0.1) is 6.20 Å². The summed E-state index contributed by atoms with van der Waals surface area (Å²) in [6.07, 6.45) is 9.85. The highest BCUT2D eigenvalue weighted by Gasteiger charge is 1.98. The molecule has 0 amide bonds. The molecule has 0 aliphatic heterocycles. The van der Waals surface area contributed by atoms with E-state index in [4.69, 9.17) is 0 Å². The lowest BCUT2D eigenvalue weighted by molar-refractivity contribution is 0.677. The van der Waals surface area contributed by atoms with Crippen LogP contribution in [0.4, 0.5) is 0 Å². The molecular formula is C14H28IN5. The van der Waals surface area contributed by atoms with Crippen molar-refractivity contribution in [1.82, 2.24) is 20.4 Å². The van der Waals surface area contributed by atoms with Crippen molar-refractivity contribution in [3.63, 3.8) is 0 Å². The van der Waals surface area contributed by atoms with E-state index in [0.717, 1.165) is 31.9 Å². The lowest BCUT2D eigenvalue weighted by atomic mass is 10.2. The molecule has 0 saturated heterocycles. The summed E-state index contributed by atoms with van der Waals surface area (Å²) in [5.74, 6) is 0.905. The van der Waals surface area contributed by atoms with Gasteiger partial charge in [-0.05, 0) is 24.8 Å². The lowest BCUT2D eigenvalue weighted by Crippen LogP contribution is -2.38. The monoisotopic (exact) mass is 393 g/mol. The van der Waals surface area contributed by atoms with Gasteiger partial charge in [0.1, 0.15) is 0 Å². The number of nitrogens with zero attached hydrogens (tertiary/aromatic N) is 3.